The number of nitrogens with zero attached hydrogens (tertiary/aromatic N) is 2. The molecule has 0 bridgehead atoms. The number of anilines is 1. The number of nitrogen functional groups attached to an aromatic ring is 1. The SMILES string of the molecule is Cc1cc(N)c(C)c(S(=O)(=O)N2CCN(C)C(C)C2)c1. The Morgan fingerprint density at radius 3 is 2.50 bits per heavy atom. The van der Waals surface area contributed by atoms with Crippen molar-refractivity contribution in [3.05, 3.63) is 23.3 Å². The highest BCUT2D eigenvalue weighted by molar-refractivity contribution is 7.89. The van der Waals surface area contributed by atoms with Gasteiger partial charge in [0.1, 0.15) is 0 Å². The fraction of sp³-hybridized carbons (Fsp3) is 0.571. The van der Waals surface area contributed by atoms with Crippen LogP contribution in [0.1, 0.15) is 18.1 Å². The van der Waals surface area contributed by atoms with Gasteiger partial charge in [0, 0.05) is 31.4 Å². The van der Waals surface area contributed by atoms with Gasteiger partial charge in [0.25, 0.3) is 0 Å². The number of likely N-dealkylation sites (N-methyl/N-ethyl adjacent to an activating group) is 1. The number of nitrogens with two attached hydrogens (primary N) is 1. The Morgan fingerprint density at radius 2 is 1.90 bits per heavy atom. The summed E-state index contributed by atoms with van der Waals surface area (Å²) in [7, 11) is -1.45. The number of hydrogen-bond donors (Lipinski definition) is 1. The highest BCUT2D eigenvalue weighted by atomic mass is 32.2. The predicted octanol–water partition coefficient (Wildman–Crippen LogP) is 1.21. The van der Waals surface area contributed by atoms with Gasteiger partial charge in [-0.2, -0.15) is 4.31 Å². The second-order valence-electron chi connectivity index (χ2n) is 5.67. The van der Waals surface area contributed by atoms with Gasteiger partial charge in [-0.25, -0.2) is 8.42 Å². The van der Waals surface area contributed by atoms with Crippen LogP contribution in [-0.2, 0) is 10.0 Å². The van der Waals surface area contributed by atoms with Gasteiger partial charge < -0.3 is 10.6 Å². The molecule has 1 heterocycles. The molecule has 6 heteroatoms. The van der Waals surface area contributed by atoms with E-state index in [9.17, 15) is 8.42 Å². The quantitative estimate of drug-likeness (QED) is 0.833. The van der Waals surface area contributed by atoms with Crippen LogP contribution in [0, 0.1) is 13.8 Å². The van der Waals surface area contributed by atoms with Crippen molar-refractivity contribution in [1.29, 1.82) is 0 Å². The molecule has 0 amide bonds. The molecule has 1 aromatic rings. The number of sulfonamides is 1. The molecule has 5 nitrogen and oxygen atoms in total. The minimum absolute atomic E-state index is 0.223. The minimum Gasteiger partial charge on any atom is -0.398 e. The van der Waals surface area contributed by atoms with Crippen LogP contribution in [0.2, 0.25) is 0 Å². The summed E-state index contributed by atoms with van der Waals surface area (Å²) in [4.78, 5) is 2.51. The van der Waals surface area contributed by atoms with Gasteiger partial charge in [0.2, 0.25) is 10.0 Å². The Kier molecular flexibility index (Phi) is 4.09. The first-order valence-electron chi connectivity index (χ1n) is 6.80. The fourth-order valence-electron chi connectivity index (χ4n) is 2.49. The third-order valence-corrected chi connectivity index (χ3v) is 6.08. The molecule has 20 heavy (non-hydrogen) atoms. The molecule has 0 spiro atoms. The van der Waals surface area contributed by atoms with Crippen molar-refractivity contribution in [2.24, 2.45) is 0 Å². The topological polar surface area (TPSA) is 66.6 Å². The van der Waals surface area contributed by atoms with E-state index in [2.05, 4.69) is 4.90 Å². The van der Waals surface area contributed by atoms with Crippen LogP contribution in [0.15, 0.2) is 17.0 Å². The molecule has 1 unspecified atom stereocenters. The summed E-state index contributed by atoms with van der Waals surface area (Å²) in [6, 6.07) is 3.74. The molecule has 1 atom stereocenters. The zero-order valence-electron chi connectivity index (χ0n) is 12.5. The van der Waals surface area contributed by atoms with Crippen molar-refractivity contribution >= 4 is 15.7 Å². The summed E-state index contributed by atoms with van der Waals surface area (Å²) in [5.74, 6) is 0. The summed E-state index contributed by atoms with van der Waals surface area (Å²) in [5, 5.41) is 0. The molecule has 2 N–H and O–H groups in total. The molecule has 0 aliphatic carbocycles. The summed E-state index contributed by atoms with van der Waals surface area (Å²) < 4.78 is 27.2. The number of hydrogen-bond acceptors (Lipinski definition) is 4. The molecule has 1 saturated heterocycles. The third kappa shape index (κ3) is 2.68. The Hall–Kier alpha value is -1.11. The molecule has 1 aromatic carbocycles. The van der Waals surface area contributed by atoms with Gasteiger partial charge >= 0.3 is 0 Å². The summed E-state index contributed by atoms with van der Waals surface area (Å²) in [5.41, 5.74) is 7.95. The van der Waals surface area contributed by atoms with E-state index in [4.69, 9.17) is 5.73 Å². The van der Waals surface area contributed by atoms with Crippen molar-refractivity contribution in [3.63, 3.8) is 0 Å². The molecular weight excluding hydrogens is 274 g/mol. The average Bonchev–Trinajstić information content (AvgIpc) is 2.36. The normalized spacial score (nSPS) is 22.1. The van der Waals surface area contributed by atoms with Gasteiger partial charge in [-0.1, -0.05) is 0 Å². The van der Waals surface area contributed by atoms with E-state index >= 15 is 0 Å². The average molecular weight is 297 g/mol. The number of benzene rings is 1. The van der Waals surface area contributed by atoms with Crippen LogP contribution in [0.4, 0.5) is 5.69 Å². The van der Waals surface area contributed by atoms with Crippen LogP contribution in [-0.4, -0.2) is 50.3 Å². The lowest BCUT2D eigenvalue weighted by Crippen LogP contribution is -2.51. The van der Waals surface area contributed by atoms with Crippen LogP contribution < -0.4 is 5.73 Å². The first-order chi connectivity index (χ1) is 9.23. The van der Waals surface area contributed by atoms with E-state index in [1.54, 1.807) is 23.4 Å². The summed E-state index contributed by atoms with van der Waals surface area (Å²) in [6.45, 7) is 7.46. The van der Waals surface area contributed by atoms with Crippen molar-refractivity contribution in [2.45, 2.75) is 31.7 Å². The van der Waals surface area contributed by atoms with Crippen molar-refractivity contribution in [2.75, 3.05) is 32.4 Å². The molecule has 1 aliphatic rings. The molecule has 112 valence electrons. The monoisotopic (exact) mass is 297 g/mol. The molecular formula is C14H23N3O2S. The smallest absolute Gasteiger partial charge is 0.243 e. The summed E-state index contributed by atoms with van der Waals surface area (Å²) in [6.07, 6.45) is 0. The first-order valence-corrected chi connectivity index (χ1v) is 8.24. The Balaban J connectivity index is 2.41. The van der Waals surface area contributed by atoms with Gasteiger partial charge in [-0.05, 0) is 51.1 Å². The second-order valence-corrected chi connectivity index (χ2v) is 7.58. The van der Waals surface area contributed by atoms with E-state index in [0.29, 0.717) is 29.2 Å². The number of aryl methyl sites for hydroxylation is 1. The standard InChI is InChI=1S/C14H23N3O2S/c1-10-7-13(15)12(3)14(8-10)20(18,19)17-6-5-16(4)11(2)9-17/h7-8,11H,5-6,9,15H2,1-4H3. The van der Waals surface area contributed by atoms with Gasteiger partial charge in [-0.3, -0.25) is 0 Å². The lowest BCUT2D eigenvalue weighted by Gasteiger charge is -2.37. The van der Waals surface area contributed by atoms with E-state index in [1.165, 1.54) is 0 Å². The van der Waals surface area contributed by atoms with Crippen molar-refractivity contribution in [3.8, 4) is 0 Å². The molecule has 0 aromatic heterocycles. The zero-order valence-corrected chi connectivity index (χ0v) is 13.4. The summed E-state index contributed by atoms with van der Waals surface area (Å²) >= 11 is 0. The Morgan fingerprint density at radius 1 is 1.25 bits per heavy atom. The lowest BCUT2D eigenvalue weighted by molar-refractivity contribution is 0.159. The van der Waals surface area contributed by atoms with Crippen LogP contribution >= 0.6 is 0 Å². The minimum atomic E-state index is -3.47. The Bertz CT molecular complexity index is 613. The second kappa shape index (κ2) is 5.35. The lowest BCUT2D eigenvalue weighted by atomic mass is 10.1. The zero-order chi connectivity index (χ0) is 15.1. The predicted molar refractivity (Wildman–Crippen MR) is 81.2 cm³/mol. The highest BCUT2D eigenvalue weighted by Crippen LogP contribution is 2.27. The maximum atomic E-state index is 12.8. The van der Waals surface area contributed by atoms with E-state index in [-0.39, 0.29) is 6.04 Å². The largest absolute Gasteiger partial charge is 0.398 e. The maximum absolute atomic E-state index is 12.8. The number of piperazine rings is 1. The van der Waals surface area contributed by atoms with E-state index in [0.717, 1.165) is 12.1 Å². The van der Waals surface area contributed by atoms with Crippen LogP contribution in [0.25, 0.3) is 0 Å². The fourth-order valence-corrected chi connectivity index (χ4v) is 4.34. The van der Waals surface area contributed by atoms with Gasteiger partial charge in [0.15, 0.2) is 0 Å². The van der Waals surface area contributed by atoms with Gasteiger partial charge in [-0.15, -0.1) is 0 Å². The molecule has 1 fully saturated rings. The Labute approximate surface area is 121 Å². The van der Waals surface area contributed by atoms with Crippen molar-refractivity contribution < 1.29 is 8.42 Å². The van der Waals surface area contributed by atoms with Crippen LogP contribution in [0.3, 0.4) is 0 Å². The van der Waals surface area contributed by atoms with E-state index < -0.39 is 10.0 Å². The first kappa shape index (κ1) is 15.3. The molecule has 0 saturated carbocycles. The van der Waals surface area contributed by atoms with Gasteiger partial charge in [0.05, 0.1) is 4.90 Å². The molecule has 0 radical (unpaired) electrons. The van der Waals surface area contributed by atoms with Crippen molar-refractivity contribution in [1.82, 2.24) is 9.21 Å². The third-order valence-electron chi connectivity index (χ3n) is 4.08. The highest BCUT2D eigenvalue weighted by Gasteiger charge is 2.32. The maximum Gasteiger partial charge on any atom is 0.243 e. The van der Waals surface area contributed by atoms with Crippen LogP contribution in [0.5, 0.6) is 0 Å². The number of rotatable bonds is 2. The molecule has 1 aliphatic heterocycles. The van der Waals surface area contributed by atoms with E-state index in [1.807, 2.05) is 20.9 Å². The molecule has 2 rings (SSSR count).